The second-order valence-corrected chi connectivity index (χ2v) is 9.46. The average Bonchev–Trinajstić information content (AvgIpc) is 3.25. The maximum absolute atomic E-state index is 14.6. The number of nitrogens with one attached hydrogen (secondary N) is 1. The van der Waals surface area contributed by atoms with Gasteiger partial charge >= 0.3 is 5.97 Å². The van der Waals surface area contributed by atoms with Crippen LogP contribution in [0, 0.1) is 17.5 Å². The van der Waals surface area contributed by atoms with Crippen LogP contribution in [-0.4, -0.2) is 50.2 Å². The molecule has 3 aromatic heterocycles. The Kier molecular flexibility index (Phi) is 6.77. The molecule has 0 saturated carbocycles. The topological polar surface area (TPSA) is 92.4 Å². The van der Waals surface area contributed by atoms with E-state index in [0.29, 0.717) is 41.8 Å². The molecule has 0 saturated heterocycles. The Labute approximate surface area is 221 Å². The van der Waals surface area contributed by atoms with Crippen molar-refractivity contribution < 1.29 is 23.1 Å². The number of carboxylic acids is 1. The van der Waals surface area contributed by atoms with Crippen LogP contribution in [0.25, 0.3) is 22.3 Å². The Balaban J connectivity index is 1.46. The van der Waals surface area contributed by atoms with E-state index in [9.17, 15) is 22.8 Å². The van der Waals surface area contributed by atoms with E-state index >= 15 is 0 Å². The van der Waals surface area contributed by atoms with Crippen molar-refractivity contribution in [1.82, 2.24) is 19.0 Å². The van der Waals surface area contributed by atoms with Gasteiger partial charge in [-0.3, -0.25) is 14.3 Å². The van der Waals surface area contributed by atoms with E-state index in [1.807, 2.05) is 24.6 Å². The van der Waals surface area contributed by atoms with Crippen LogP contribution in [0.15, 0.2) is 53.6 Å². The SMILES string of the molecule is CNc1cc(=O)n(-c2ccnc3c2cc([C@@H](C)N2CC=C(c4c(F)cc(C(=O)O)cc4F)CC2)n3C)cc1F. The fourth-order valence-electron chi connectivity index (χ4n) is 5.18. The fraction of sp³-hybridized carbons (Fsp3) is 0.250. The summed E-state index contributed by atoms with van der Waals surface area (Å²) in [4.78, 5) is 30.5. The number of hydrogen-bond donors (Lipinski definition) is 2. The largest absolute Gasteiger partial charge is 0.478 e. The van der Waals surface area contributed by atoms with Gasteiger partial charge in [0.25, 0.3) is 5.56 Å². The lowest BCUT2D eigenvalue weighted by atomic mass is 9.96. The Morgan fingerprint density at radius 3 is 2.46 bits per heavy atom. The van der Waals surface area contributed by atoms with Crippen molar-refractivity contribution in [2.45, 2.75) is 19.4 Å². The normalized spacial score (nSPS) is 14.9. The molecule has 1 aliphatic heterocycles. The van der Waals surface area contributed by atoms with Gasteiger partial charge in [0, 0.05) is 62.1 Å². The van der Waals surface area contributed by atoms with E-state index in [0.717, 1.165) is 24.0 Å². The number of carbonyl (C=O) groups is 1. The monoisotopic (exact) mass is 537 g/mol. The van der Waals surface area contributed by atoms with Crippen molar-refractivity contribution in [2.24, 2.45) is 7.05 Å². The van der Waals surface area contributed by atoms with Gasteiger partial charge in [0.1, 0.15) is 17.3 Å². The summed E-state index contributed by atoms with van der Waals surface area (Å²) in [6, 6.07) is 6.32. The first-order valence-corrected chi connectivity index (χ1v) is 12.3. The minimum absolute atomic E-state index is 0.110. The molecule has 0 bridgehead atoms. The molecule has 11 heteroatoms. The minimum atomic E-state index is -1.39. The van der Waals surface area contributed by atoms with Crippen LogP contribution in [0.4, 0.5) is 18.9 Å². The molecule has 1 atom stereocenters. The van der Waals surface area contributed by atoms with Crippen LogP contribution in [0.5, 0.6) is 0 Å². The second kappa shape index (κ2) is 10.1. The minimum Gasteiger partial charge on any atom is -0.478 e. The number of carboxylic acid groups (broad SMARTS) is 1. The van der Waals surface area contributed by atoms with Crippen molar-refractivity contribution in [3.63, 3.8) is 0 Å². The summed E-state index contributed by atoms with van der Waals surface area (Å²) in [6.07, 6.45) is 4.83. The first-order chi connectivity index (χ1) is 18.6. The lowest BCUT2D eigenvalue weighted by Gasteiger charge is -2.32. The number of aromatic carboxylic acids is 1. The fourth-order valence-corrected chi connectivity index (χ4v) is 5.18. The van der Waals surface area contributed by atoms with E-state index in [1.54, 1.807) is 25.4 Å². The number of halogens is 3. The number of pyridine rings is 2. The highest BCUT2D eigenvalue weighted by Crippen LogP contribution is 2.33. The highest BCUT2D eigenvalue weighted by atomic mass is 19.1. The van der Waals surface area contributed by atoms with Crippen molar-refractivity contribution in [2.75, 3.05) is 25.5 Å². The summed E-state index contributed by atoms with van der Waals surface area (Å²) in [5.41, 5.74) is 1.57. The Morgan fingerprint density at radius 2 is 1.85 bits per heavy atom. The van der Waals surface area contributed by atoms with Gasteiger partial charge in [0.2, 0.25) is 0 Å². The third-order valence-corrected chi connectivity index (χ3v) is 7.30. The molecule has 0 amide bonds. The number of benzene rings is 1. The van der Waals surface area contributed by atoms with Gasteiger partial charge in [-0.05, 0) is 43.2 Å². The molecule has 0 radical (unpaired) electrons. The number of anilines is 1. The van der Waals surface area contributed by atoms with Crippen molar-refractivity contribution in [3.8, 4) is 5.69 Å². The molecule has 1 aromatic carbocycles. The van der Waals surface area contributed by atoms with E-state index < -0.39 is 34.5 Å². The van der Waals surface area contributed by atoms with Crippen LogP contribution < -0.4 is 10.9 Å². The summed E-state index contributed by atoms with van der Waals surface area (Å²) in [6.45, 7) is 2.92. The number of fused-ring (bicyclic) bond motifs is 1. The summed E-state index contributed by atoms with van der Waals surface area (Å²) in [5, 5.41) is 12.4. The van der Waals surface area contributed by atoms with Gasteiger partial charge in [-0.2, -0.15) is 0 Å². The Morgan fingerprint density at radius 1 is 1.13 bits per heavy atom. The highest BCUT2D eigenvalue weighted by Gasteiger charge is 2.26. The van der Waals surface area contributed by atoms with Crippen molar-refractivity contribution in [3.05, 3.63) is 93.4 Å². The van der Waals surface area contributed by atoms with E-state index in [-0.39, 0.29) is 17.3 Å². The van der Waals surface area contributed by atoms with Crippen LogP contribution in [0.2, 0.25) is 0 Å². The first-order valence-electron chi connectivity index (χ1n) is 12.3. The lowest BCUT2D eigenvalue weighted by Crippen LogP contribution is -2.32. The van der Waals surface area contributed by atoms with Crippen LogP contribution >= 0.6 is 0 Å². The molecule has 202 valence electrons. The number of aryl methyl sites for hydroxylation is 1. The molecule has 39 heavy (non-hydrogen) atoms. The predicted molar refractivity (Wildman–Crippen MR) is 142 cm³/mol. The smallest absolute Gasteiger partial charge is 0.335 e. The van der Waals surface area contributed by atoms with E-state index in [2.05, 4.69) is 15.2 Å². The number of aromatic nitrogens is 3. The molecule has 0 unspecified atom stereocenters. The average molecular weight is 538 g/mol. The molecule has 0 aliphatic carbocycles. The first kappa shape index (κ1) is 26.2. The van der Waals surface area contributed by atoms with E-state index in [4.69, 9.17) is 5.11 Å². The van der Waals surface area contributed by atoms with Crippen molar-refractivity contribution >= 4 is 28.3 Å². The van der Waals surface area contributed by atoms with Crippen molar-refractivity contribution in [1.29, 1.82) is 0 Å². The standard InChI is InChI=1S/C28H26F3N5O3/c1-15(35-8-5-16(6-9-35)26-19(29)10-17(28(38)39)11-20(26)30)24-12-18-23(4-7-33-27(18)34(24)3)36-14-21(31)22(32-2)13-25(36)37/h4-5,7,10-15,32H,6,8-9H2,1-3H3,(H,38,39)/t15-/m1/s1. The lowest BCUT2D eigenvalue weighted by molar-refractivity contribution is 0.0695. The molecule has 0 spiro atoms. The quantitative estimate of drug-likeness (QED) is 0.370. The summed E-state index contributed by atoms with van der Waals surface area (Å²) in [7, 11) is 3.40. The third kappa shape index (κ3) is 4.59. The molecule has 2 N–H and O–H groups in total. The molecule has 8 nitrogen and oxygen atoms in total. The van der Waals surface area contributed by atoms with Crippen LogP contribution in [-0.2, 0) is 7.05 Å². The van der Waals surface area contributed by atoms with E-state index in [1.165, 1.54) is 10.6 Å². The van der Waals surface area contributed by atoms with Crippen LogP contribution in [0.1, 0.15) is 41.0 Å². The van der Waals surface area contributed by atoms with Gasteiger partial charge in [0.15, 0.2) is 5.82 Å². The van der Waals surface area contributed by atoms with Gasteiger partial charge in [-0.15, -0.1) is 0 Å². The van der Waals surface area contributed by atoms with Gasteiger partial charge in [-0.25, -0.2) is 22.9 Å². The molecule has 4 heterocycles. The van der Waals surface area contributed by atoms with Gasteiger partial charge in [-0.1, -0.05) is 6.08 Å². The second-order valence-electron chi connectivity index (χ2n) is 9.46. The molecular formula is C28H26F3N5O3. The summed E-state index contributed by atoms with van der Waals surface area (Å²) >= 11 is 0. The summed E-state index contributed by atoms with van der Waals surface area (Å²) in [5.74, 6) is -3.76. The Hall–Kier alpha value is -4.38. The third-order valence-electron chi connectivity index (χ3n) is 7.30. The number of nitrogens with zero attached hydrogens (tertiary/aromatic N) is 4. The Bertz CT molecular complexity index is 1690. The zero-order valence-corrected chi connectivity index (χ0v) is 21.5. The van der Waals surface area contributed by atoms with Gasteiger partial charge in [0.05, 0.1) is 23.1 Å². The highest BCUT2D eigenvalue weighted by molar-refractivity contribution is 5.88. The molecule has 0 fully saturated rings. The molecular weight excluding hydrogens is 511 g/mol. The number of hydrogen-bond acceptors (Lipinski definition) is 5. The van der Waals surface area contributed by atoms with Crippen LogP contribution in [0.3, 0.4) is 0 Å². The van der Waals surface area contributed by atoms with Gasteiger partial charge < -0.3 is 15.0 Å². The maximum atomic E-state index is 14.6. The number of rotatable bonds is 6. The summed E-state index contributed by atoms with van der Waals surface area (Å²) < 4.78 is 46.9. The molecule has 1 aliphatic rings. The molecule has 5 rings (SSSR count). The zero-order valence-electron chi connectivity index (χ0n) is 21.5. The molecule has 4 aromatic rings. The predicted octanol–water partition coefficient (Wildman–Crippen LogP) is 4.73. The zero-order chi connectivity index (χ0) is 28.0. The maximum Gasteiger partial charge on any atom is 0.335 e.